The number of likely N-dealkylation sites (tertiary alicyclic amines) is 1. The van der Waals surface area contributed by atoms with Crippen molar-refractivity contribution in [1.29, 1.82) is 0 Å². The minimum atomic E-state index is -1.16. The lowest BCUT2D eigenvalue weighted by Gasteiger charge is -2.45. The van der Waals surface area contributed by atoms with Gasteiger partial charge in [-0.25, -0.2) is 0 Å². The Morgan fingerprint density at radius 2 is 1.14 bits per heavy atom. The van der Waals surface area contributed by atoms with Crippen LogP contribution in [0.15, 0.2) is 84.9 Å². The van der Waals surface area contributed by atoms with E-state index in [1.54, 1.807) is 0 Å². The zero-order valence-electron chi connectivity index (χ0n) is 22.0. The molecule has 0 bridgehead atoms. The van der Waals surface area contributed by atoms with E-state index in [9.17, 15) is 10.2 Å². The van der Waals surface area contributed by atoms with E-state index in [2.05, 4.69) is 34.1 Å². The van der Waals surface area contributed by atoms with Gasteiger partial charge in [0.2, 0.25) is 0 Å². The Kier molecular flexibility index (Phi) is 8.60. The average molecular weight is 499 g/mol. The lowest BCUT2D eigenvalue weighted by Crippen LogP contribution is -2.53. The number of nitrogens with zero attached hydrogens (tertiary/aromatic N) is 2. The maximum atomic E-state index is 12.6. The molecule has 0 amide bonds. The van der Waals surface area contributed by atoms with Crippen LogP contribution in [0.2, 0.25) is 0 Å². The zero-order chi connectivity index (χ0) is 25.5. The number of anilines is 1. The Morgan fingerprint density at radius 1 is 0.622 bits per heavy atom. The third kappa shape index (κ3) is 5.93. The summed E-state index contributed by atoms with van der Waals surface area (Å²) in [5.41, 5.74) is 2.89. The molecule has 0 aromatic heterocycles. The first kappa shape index (κ1) is 26.0. The van der Waals surface area contributed by atoms with Gasteiger partial charge in [0.05, 0.1) is 6.10 Å². The predicted molar refractivity (Wildman–Crippen MR) is 152 cm³/mol. The molecule has 4 nitrogen and oxygen atoms in total. The fourth-order valence-electron chi connectivity index (χ4n) is 6.36. The maximum absolute atomic E-state index is 12.6. The van der Waals surface area contributed by atoms with Crippen LogP contribution < -0.4 is 4.90 Å². The lowest BCUT2D eigenvalue weighted by molar-refractivity contribution is -0.0367. The number of hydrogen-bond donors (Lipinski definition) is 2. The highest BCUT2D eigenvalue weighted by Gasteiger charge is 2.43. The summed E-state index contributed by atoms with van der Waals surface area (Å²) < 4.78 is 0. The molecule has 3 aromatic rings. The largest absolute Gasteiger partial charge is 0.388 e. The van der Waals surface area contributed by atoms with Crippen LogP contribution in [0.1, 0.15) is 74.2 Å². The SMILES string of the molecule is OC(CCC(N1CCCCC1)C(O)(c1ccccc1)c1ccccc1)c1ccc(N2CCCCC2)cc1. The zero-order valence-corrected chi connectivity index (χ0v) is 22.0. The number of benzene rings is 3. The second-order valence-electron chi connectivity index (χ2n) is 10.8. The maximum Gasteiger partial charge on any atom is 0.130 e. The van der Waals surface area contributed by atoms with Gasteiger partial charge in [0.25, 0.3) is 0 Å². The summed E-state index contributed by atoms with van der Waals surface area (Å²) in [6.07, 6.45) is 8.13. The molecule has 5 rings (SSSR count). The van der Waals surface area contributed by atoms with Crippen molar-refractivity contribution in [1.82, 2.24) is 4.90 Å². The fraction of sp³-hybridized carbons (Fsp3) is 0.455. The molecule has 2 atom stereocenters. The molecule has 196 valence electrons. The Balaban J connectivity index is 1.39. The van der Waals surface area contributed by atoms with Crippen molar-refractivity contribution in [2.24, 2.45) is 0 Å². The highest BCUT2D eigenvalue weighted by Crippen LogP contribution is 2.40. The minimum Gasteiger partial charge on any atom is -0.388 e. The summed E-state index contributed by atoms with van der Waals surface area (Å²) in [6.45, 7) is 4.20. The van der Waals surface area contributed by atoms with Crippen LogP contribution in [-0.4, -0.2) is 47.3 Å². The molecule has 4 heteroatoms. The van der Waals surface area contributed by atoms with Crippen LogP contribution in [0.3, 0.4) is 0 Å². The van der Waals surface area contributed by atoms with Gasteiger partial charge in [0.1, 0.15) is 5.60 Å². The van der Waals surface area contributed by atoms with Gasteiger partial charge in [-0.2, -0.15) is 0 Å². The summed E-state index contributed by atoms with van der Waals surface area (Å²) in [6, 6.07) is 28.6. The first-order valence-electron chi connectivity index (χ1n) is 14.3. The minimum absolute atomic E-state index is 0.125. The molecule has 0 radical (unpaired) electrons. The van der Waals surface area contributed by atoms with E-state index in [-0.39, 0.29) is 6.04 Å². The van der Waals surface area contributed by atoms with Gasteiger partial charge in [-0.15, -0.1) is 0 Å². The first-order valence-corrected chi connectivity index (χ1v) is 14.3. The third-order valence-electron chi connectivity index (χ3n) is 8.45. The summed E-state index contributed by atoms with van der Waals surface area (Å²) in [5.74, 6) is 0. The normalized spacial score (nSPS) is 18.9. The van der Waals surface area contributed by atoms with Gasteiger partial charge in [0.15, 0.2) is 0 Å². The summed E-state index contributed by atoms with van der Waals surface area (Å²) >= 11 is 0. The second kappa shape index (κ2) is 12.3. The van der Waals surface area contributed by atoms with E-state index in [0.29, 0.717) is 12.8 Å². The van der Waals surface area contributed by atoms with Crippen LogP contribution in [0.5, 0.6) is 0 Å². The topological polar surface area (TPSA) is 46.9 Å². The quantitative estimate of drug-likeness (QED) is 0.364. The van der Waals surface area contributed by atoms with E-state index in [1.165, 1.54) is 31.4 Å². The summed E-state index contributed by atoms with van der Waals surface area (Å²) in [5, 5.41) is 23.9. The molecular weight excluding hydrogens is 456 g/mol. The molecule has 2 aliphatic heterocycles. The van der Waals surface area contributed by atoms with E-state index in [0.717, 1.165) is 55.7 Å². The van der Waals surface area contributed by atoms with E-state index in [4.69, 9.17) is 0 Å². The molecule has 2 fully saturated rings. The van der Waals surface area contributed by atoms with E-state index >= 15 is 0 Å². The van der Waals surface area contributed by atoms with Gasteiger partial charge >= 0.3 is 0 Å². The number of piperidine rings is 2. The molecule has 3 aromatic carbocycles. The number of hydrogen-bond acceptors (Lipinski definition) is 4. The van der Waals surface area contributed by atoms with Crippen molar-refractivity contribution in [3.05, 3.63) is 102 Å². The predicted octanol–water partition coefficient (Wildman–Crippen LogP) is 6.28. The Morgan fingerprint density at radius 3 is 1.68 bits per heavy atom. The molecule has 0 spiro atoms. The number of rotatable bonds is 9. The molecule has 2 aliphatic rings. The van der Waals surface area contributed by atoms with Crippen LogP contribution in [0, 0.1) is 0 Å². The van der Waals surface area contributed by atoms with Gasteiger partial charge in [-0.05, 0) is 86.9 Å². The molecule has 2 N–H and O–H groups in total. The van der Waals surface area contributed by atoms with Gasteiger partial charge < -0.3 is 15.1 Å². The number of aliphatic hydroxyl groups excluding tert-OH is 1. The Labute approximate surface area is 222 Å². The van der Waals surface area contributed by atoms with Crippen LogP contribution in [0.25, 0.3) is 0 Å². The standard InChI is InChI=1S/C33H42N2O2/c36-31(27-17-19-30(20-18-27)34-23-9-3-10-24-34)21-22-32(35-25-11-4-12-26-35)33(37,28-13-5-1-6-14-28)29-15-7-2-8-16-29/h1-2,5-8,13-20,31-32,36-37H,3-4,9-12,21-26H2. The van der Waals surface area contributed by atoms with Crippen molar-refractivity contribution >= 4 is 5.69 Å². The molecular formula is C33H42N2O2. The molecule has 0 aliphatic carbocycles. The molecule has 2 saturated heterocycles. The van der Waals surface area contributed by atoms with E-state index in [1.807, 2.05) is 60.7 Å². The molecule has 0 saturated carbocycles. The van der Waals surface area contributed by atoms with Crippen LogP contribution >= 0.6 is 0 Å². The monoisotopic (exact) mass is 498 g/mol. The van der Waals surface area contributed by atoms with Crippen molar-refractivity contribution < 1.29 is 10.2 Å². The average Bonchev–Trinajstić information content (AvgIpc) is 2.99. The highest BCUT2D eigenvalue weighted by atomic mass is 16.3. The summed E-state index contributed by atoms with van der Waals surface area (Å²) in [7, 11) is 0. The Hall–Kier alpha value is -2.66. The van der Waals surface area contributed by atoms with E-state index < -0.39 is 11.7 Å². The molecule has 37 heavy (non-hydrogen) atoms. The Bertz CT molecular complexity index is 1030. The van der Waals surface area contributed by atoms with Crippen molar-refractivity contribution in [3.8, 4) is 0 Å². The number of aliphatic hydroxyl groups is 2. The first-order chi connectivity index (χ1) is 18.2. The fourth-order valence-corrected chi connectivity index (χ4v) is 6.36. The van der Waals surface area contributed by atoms with Gasteiger partial charge in [0, 0.05) is 24.8 Å². The molecule has 2 unspecified atom stereocenters. The third-order valence-corrected chi connectivity index (χ3v) is 8.45. The van der Waals surface area contributed by atoms with Crippen LogP contribution in [0.4, 0.5) is 5.69 Å². The van der Waals surface area contributed by atoms with Crippen LogP contribution in [-0.2, 0) is 5.60 Å². The van der Waals surface area contributed by atoms with Crippen molar-refractivity contribution in [3.63, 3.8) is 0 Å². The highest BCUT2D eigenvalue weighted by molar-refractivity contribution is 5.48. The molecule has 2 heterocycles. The van der Waals surface area contributed by atoms with Crippen molar-refractivity contribution in [2.75, 3.05) is 31.1 Å². The second-order valence-corrected chi connectivity index (χ2v) is 10.8. The summed E-state index contributed by atoms with van der Waals surface area (Å²) in [4.78, 5) is 4.92. The smallest absolute Gasteiger partial charge is 0.130 e. The van der Waals surface area contributed by atoms with Crippen molar-refractivity contribution in [2.45, 2.75) is 69.1 Å². The lowest BCUT2D eigenvalue weighted by atomic mass is 9.76. The van der Waals surface area contributed by atoms with Gasteiger partial charge in [-0.3, -0.25) is 4.90 Å². The van der Waals surface area contributed by atoms with Gasteiger partial charge in [-0.1, -0.05) is 79.2 Å².